The second-order valence-electron chi connectivity index (χ2n) is 8.37. The first-order valence-electron chi connectivity index (χ1n) is 11.1. The minimum atomic E-state index is 0.0655. The van der Waals surface area contributed by atoms with Crippen LogP contribution in [-0.4, -0.2) is 40.0 Å². The minimum Gasteiger partial charge on any atom is -0.355 e. The molecule has 1 aromatic heterocycles. The summed E-state index contributed by atoms with van der Waals surface area (Å²) in [6, 6.07) is 16.8. The van der Waals surface area contributed by atoms with E-state index in [4.69, 9.17) is 4.98 Å². The fourth-order valence-corrected chi connectivity index (χ4v) is 4.55. The average Bonchev–Trinajstić information content (AvgIpc) is 3.10. The van der Waals surface area contributed by atoms with Crippen LogP contribution in [0, 0.1) is 12.8 Å². The normalized spacial score (nSPS) is 17.3. The molecule has 158 valence electrons. The van der Waals surface area contributed by atoms with E-state index in [1.807, 2.05) is 6.07 Å². The van der Waals surface area contributed by atoms with E-state index in [0.717, 1.165) is 56.8 Å². The molecule has 5 nitrogen and oxygen atoms in total. The van der Waals surface area contributed by atoms with Crippen molar-refractivity contribution in [3.8, 4) is 0 Å². The van der Waals surface area contributed by atoms with Crippen molar-refractivity contribution in [1.82, 2.24) is 19.8 Å². The number of hydrogen-bond donors (Lipinski definition) is 1. The minimum absolute atomic E-state index is 0.0655. The first kappa shape index (κ1) is 20.6. The Morgan fingerprint density at radius 3 is 2.90 bits per heavy atom. The zero-order valence-electron chi connectivity index (χ0n) is 18.1. The number of hydrogen-bond acceptors (Lipinski definition) is 3. The predicted molar refractivity (Wildman–Crippen MR) is 121 cm³/mol. The number of benzene rings is 2. The molecule has 0 saturated carbocycles. The van der Waals surface area contributed by atoms with Gasteiger partial charge < -0.3 is 9.88 Å². The van der Waals surface area contributed by atoms with Gasteiger partial charge >= 0.3 is 0 Å². The van der Waals surface area contributed by atoms with Crippen LogP contribution in [0.15, 0.2) is 48.5 Å². The van der Waals surface area contributed by atoms with Gasteiger partial charge in [0, 0.05) is 19.6 Å². The van der Waals surface area contributed by atoms with Crippen molar-refractivity contribution in [2.24, 2.45) is 5.92 Å². The lowest BCUT2D eigenvalue weighted by molar-refractivity contribution is -0.126. The van der Waals surface area contributed by atoms with Gasteiger partial charge in [0.1, 0.15) is 5.82 Å². The van der Waals surface area contributed by atoms with Crippen LogP contribution in [0.5, 0.6) is 0 Å². The fraction of sp³-hybridized carbons (Fsp3) is 0.440. The molecule has 1 aliphatic heterocycles. The lowest BCUT2D eigenvalue weighted by Gasteiger charge is -2.31. The van der Waals surface area contributed by atoms with Gasteiger partial charge in [-0.25, -0.2) is 4.98 Å². The molecule has 0 spiro atoms. The summed E-state index contributed by atoms with van der Waals surface area (Å²) in [5, 5.41) is 3.16. The molecule has 2 heterocycles. The number of carbonyl (C=O) groups is 1. The maximum atomic E-state index is 12.8. The van der Waals surface area contributed by atoms with Gasteiger partial charge in [-0.05, 0) is 57.4 Å². The van der Waals surface area contributed by atoms with Crippen molar-refractivity contribution >= 4 is 16.9 Å². The second kappa shape index (κ2) is 9.43. The van der Waals surface area contributed by atoms with Crippen LogP contribution in [0.1, 0.15) is 36.7 Å². The summed E-state index contributed by atoms with van der Waals surface area (Å²) >= 11 is 0. The molecule has 3 aromatic rings. The molecule has 30 heavy (non-hydrogen) atoms. The van der Waals surface area contributed by atoms with Crippen molar-refractivity contribution in [2.45, 2.75) is 46.2 Å². The van der Waals surface area contributed by atoms with Gasteiger partial charge in [0.2, 0.25) is 5.91 Å². The third-order valence-electron chi connectivity index (χ3n) is 6.09. The zero-order chi connectivity index (χ0) is 20.9. The Hall–Kier alpha value is -2.66. The van der Waals surface area contributed by atoms with Crippen molar-refractivity contribution < 1.29 is 4.79 Å². The van der Waals surface area contributed by atoms with E-state index < -0.39 is 0 Å². The number of fused-ring (bicyclic) bond motifs is 1. The van der Waals surface area contributed by atoms with Crippen LogP contribution < -0.4 is 5.32 Å². The van der Waals surface area contributed by atoms with E-state index in [0.29, 0.717) is 6.54 Å². The average molecular weight is 405 g/mol. The van der Waals surface area contributed by atoms with Gasteiger partial charge in [0.15, 0.2) is 0 Å². The van der Waals surface area contributed by atoms with E-state index in [-0.39, 0.29) is 11.8 Å². The number of aromatic nitrogens is 2. The number of para-hydroxylation sites is 2. The van der Waals surface area contributed by atoms with Crippen LogP contribution >= 0.6 is 0 Å². The Balaban J connectivity index is 1.33. The first-order chi connectivity index (χ1) is 14.6. The molecule has 2 aromatic carbocycles. The molecule has 1 saturated heterocycles. The van der Waals surface area contributed by atoms with Gasteiger partial charge in [-0.15, -0.1) is 0 Å². The highest BCUT2D eigenvalue weighted by Crippen LogP contribution is 2.21. The van der Waals surface area contributed by atoms with Crippen molar-refractivity contribution in [3.05, 3.63) is 65.5 Å². The number of likely N-dealkylation sites (tertiary alicyclic amines) is 1. The number of amides is 1. The topological polar surface area (TPSA) is 50.2 Å². The molecular formula is C25H32N4O. The molecule has 1 aliphatic rings. The summed E-state index contributed by atoms with van der Waals surface area (Å²) in [7, 11) is 0. The monoisotopic (exact) mass is 404 g/mol. The maximum Gasteiger partial charge on any atom is 0.224 e. The van der Waals surface area contributed by atoms with Crippen molar-refractivity contribution in [2.75, 3.05) is 19.6 Å². The molecule has 0 unspecified atom stereocenters. The Morgan fingerprint density at radius 1 is 1.20 bits per heavy atom. The summed E-state index contributed by atoms with van der Waals surface area (Å²) in [6.45, 7) is 8.51. The van der Waals surface area contributed by atoms with Gasteiger partial charge in [0.25, 0.3) is 0 Å². The molecule has 1 N–H and O–H groups in total. The number of aryl methyl sites for hydroxylation is 2. The lowest BCUT2D eigenvalue weighted by atomic mass is 9.97. The molecule has 0 aliphatic carbocycles. The molecular weight excluding hydrogens is 372 g/mol. The van der Waals surface area contributed by atoms with Crippen LogP contribution in [-0.2, 0) is 24.3 Å². The largest absolute Gasteiger partial charge is 0.355 e. The molecule has 1 atom stereocenters. The number of imidazole rings is 1. The van der Waals surface area contributed by atoms with Gasteiger partial charge in [-0.2, -0.15) is 0 Å². The Morgan fingerprint density at radius 2 is 2.07 bits per heavy atom. The smallest absolute Gasteiger partial charge is 0.224 e. The summed E-state index contributed by atoms with van der Waals surface area (Å²) in [5.74, 6) is 1.35. The maximum absolute atomic E-state index is 12.8. The number of nitrogens with one attached hydrogen (secondary N) is 1. The Bertz CT molecular complexity index is 1010. The standard InChI is InChI=1S/C25H32N4O/c1-3-29-23-12-5-4-11-22(23)27-24(29)18-28-15-7-10-21(17-28)25(30)26-14-13-20-9-6-8-19(2)16-20/h4-6,8-9,11-12,16,21H,3,7,10,13-15,17-18H2,1-2H3,(H,26,30)/t21-/m0/s1. The predicted octanol–water partition coefficient (Wildman–Crippen LogP) is 3.94. The summed E-state index contributed by atoms with van der Waals surface area (Å²) in [5.41, 5.74) is 4.79. The highest BCUT2D eigenvalue weighted by atomic mass is 16.1. The molecule has 5 heteroatoms. The summed E-state index contributed by atoms with van der Waals surface area (Å²) in [4.78, 5) is 20.0. The highest BCUT2D eigenvalue weighted by molar-refractivity contribution is 5.79. The summed E-state index contributed by atoms with van der Waals surface area (Å²) in [6.07, 6.45) is 2.91. The van der Waals surface area contributed by atoms with Gasteiger partial charge in [-0.1, -0.05) is 42.0 Å². The number of rotatable bonds is 7. The lowest BCUT2D eigenvalue weighted by Crippen LogP contribution is -2.43. The van der Waals surface area contributed by atoms with E-state index in [1.54, 1.807) is 0 Å². The first-order valence-corrected chi connectivity index (χ1v) is 11.1. The third-order valence-corrected chi connectivity index (χ3v) is 6.09. The van der Waals surface area contributed by atoms with Crippen LogP contribution in [0.25, 0.3) is 11.0 Å². The third kappa shape index (κ3) is 4.73. The van der Waals surface area contributed by atoms with Crippen LogP contribution in [0.3, 0.4) is 0 Å². The SMILES string of the molecule is CCn1c(CN2CCC[C@H](C(=O)NCCc3cccc(C)c3)C2)nc2ccccc21. The molecule has 0 radical (unpaired) electrons. The molecule has 0 bridgehead atoms. The second-order valence-corrected chi connectivity index (χ2v) is 8.37. The number of carbonyl (C=O) groups excluding carboxylic acids is 1. The molecule has 1 amide bonds. The number of piperidine rings is 1. The summed E-state index contributed by atoms with van der Waals surface area (Å²) < 4.78 is 2.29. The van der Waals surface area contributed by atoms with E-state index in [2.05, 4.69) is 71.1 Å². The van der Waals surface area contributed by atoms with Gasteiger partial charge in [0.05, 0.1) is 23.5 Å². The van der Waals surface area contributed by atoms with Crippen LogP contribution in [0.2, 0.25) is 0 Å². The van der Waals surface area contributed by atoms with E-state index in [9.17, 15) is 4.79 Å². The van der Waals surface area contributed by atoms with Crippen molar-refractivity contribution in [3.63, 3.8) is 0 Å². The number of nitrogens with zero attached hydrogens (tertiary/aromatic N) is 3. The quantitative estimate of drug-likeness (QED) is 0.649. The molecule has 1 fully saturated rings. The fourth-order valence-electron chi connectivity index (χ4n) is 4.55. The Labute approximate surface area is 179 Å². The molecule has 4 rings (SSSR count). The zero-order valence-corrected chi connectivity index (χ0v) is 18.1. The van der Waals surface area contributed by atoms with E-state index in [1.165, 1.54) is 16.6 Å². The van der Waals surface area contributed by atoms with Gasteiger partial charge in [-0.3, -0.25) is 9.69 Å². The van der Waals surface area contributed by atoms with Crippen LogP contribution in [0.4, 0.5) is 0 Å². The Kier molecular flexibility index (Phi) is 6.48. The highest BCUT2D eigenvalue weighted by Gasteiger charge is 2.26. The van der Waals surface area contributed by atoms with Crippen molar-refractivity contribution in [1.29, 1.82) is 0 Å². The van der Waals surface area contributed by atoms with E-state index >= 15 is 0 Å².